The number of likely N-dealkylation sites (N-methyl/N-ethyl adjacent to an activating group) is 1. The first-order valence-electron chi connectivity index (χ1n) is 9.50. The number of hydrogen-bond donors (Lipinski definition) is 1. The lowest BCUT2D eigenvalue weighted by Gasteiger charge is -2.28. The third-order valence-electron chi connectivity index (χ3n) is 5.74. The molecule has 0 aromatic heterocycles. The molecule has 2 aliphatic rings. The van der Waals surface area contributed by atoms with Crippen LogP contribution in [0.3, 0.4) is 0 Å². The summed E-state index contributed by atoms with van der Waals surface area (Å²) in [6.45, 7) is 0.949. The Morgan fingerprint density at radius 2 is 1.83 bits per heavy atom. The van der Waals surface area contributed by atoms with Gasteiger partial charge >= 0.3 is 6.03 Å². The van der Waals surface area contributed by atoms with Gasteiger partial charge in [0.25, 0.3) is 5.91 Å². The third-order valence-corrected chi connectivity index (χ3v) is 5.74. The molecule has 2 atom stereocenters. The van der Waals surface area contributed by atoms with Crippen LogP contribution in [0.5, 0.6) is 11.5 Å². The number of carbonyl (C=O) groups excluding carboxylic acids is 2. The number of ether oxygens (including phenoxy) is 2. The lowest BCUT2D eigenvalue weighted by Crippen LogP contribution is -2.52. The smallest absolute Gasteiger partial charge is 0.329 e. The van der Waals surface area contributed by atoms with Gasteiger partial charge in [-0.3, -0.25) is 4.79 Å². The highest BCUT2D eigenvalue weighted by molar-refractivity contribution is 6.24. The van der Waals surface area contributed by atoms with Gasteiger partial charge in [0, 0.05) is 25.1 Å². The van der Waals surface area contributed by atoms with Crippen molar-refractivity contribution in [2.24, 2.45) is 0 Å². The molecule has 0 bridgehead atoms. The largest absolute Gasteiger partial charge is 0.497 e. The summed E-state index contributed by atoms with van der Waals surface area (Å²) in [6, 6.07) is 13.5. The lowest BCUT2D eigenvalue weighted by atomic mass is 9.81. The number of benzene rings is 2. The fraction of sp³-hybridized carbons (Fsp3) is 0.318. The second kappa shape index (κ2) is 7.35. The van der Waals surface area contributed by atoms with Crippen LogP contribution in [0.25, 0.3) is 0 Å². The molecule has 8 nitrogen and oxygen atoms in total. The van der Waals surface area contributed by atoms with Crippen LogP contribution in [0.15, 0.2) is 42.5 Å². The van der Waals surface area contributed by atoms with Crippen molar-refractivity contribution in [2.45, 2.75) is 11.5 Å². The number of nitrogens with one attached hydrogen (secondary N) is 1. The van der Waals surface area contributed by atoms with Gasteiger partial charge in [-0.05, 0) is 42.9 Å². The number of anilines is 1. The van der Waals surface area contributed by atoms with Crippen molar-refractivity contribution < 1.29 is 19.1 Å². The molecule has 0 radical (unpaired) electrons. The topological polar surface area (TPSA) is 94.9 Å². The molecule has 2 aromatic rings. The molecule has 30 heavy (non-hydrogen) atoms. The van der Waals surface area contributed by atoms with E-state index in [2.05, 4.69) is 5.32 Å². The quantitative estimate of drug-likeness (QED) is 0.782. The van der Waals surface area contributed by atoms with Crippen molar-refractivity contribution in [2.75, 3.05) is 39.3 Å². The molecule has 0 unspecified atom stereocenters. The van der Waals surface area contributed by atoms with Gasteiger partial charge in [-0.25, -0.2) is 9.69 Å². The third kappa shape index (κ3) is 3.04. The molecular formula is C22H22N4O4. The molecule has 2 saturated heterocycles. The highest BCUT2D eigenvalue weighted by Crippen LogP contribution is 2.42. The first-order valence-corrected chi connectivity index (χ1v) is 9.50. The fourth-order valence-electron chi connectivity index (χ4n) is 4.37. The Bertz CT molecular complexity index is 1040. The van der Waals surface area contributed by atoms with Gasteiger partial charge in [0.05, 0.1) is 31.5 Å². The minimum absolute atomic E-state index is 0.299. The summed E-state index contributed by atoms with van der Waals surface area (Å²) in [4.78, 5) is 29.7. The summed E-state index contributed by atoms with van der Waals surface area (Å²) >= 11 is 0. The molecule has 2 aliphatic heterocycles. The standard InChI is InChI=1S/C22H22N4O4/c1-25-12-19(15-8-17(29-2)10-18(9-15)30-3)22(13-25)20(27)26(21(28)24-22)16-6-4-5-14(7-16)11-23/h4-10,19H,12-13H2,1-3H3,(H,24,28)/t19-,22+/m1/s1. The summed E-state index contributed by atoms with van der Waals surface area (Å²) in [7, 11) is 5.06. The number of nitriles is 1. The molecule has 2 fully saturated rings. The number of carbonyl (C=O) groups is 2. The van der Waals surface area contributed by atoms with E-state index in [0.717, 1.165) is 10.5 Å². The Hall–Kier alpha value is -3.57. The second-order valence-electron chi connectivity index (χ2n) is 7.60. The Morgan fingerprint density at radius 3 is 2.47 bits per heavy atom. The number of nitrogens with zero attached hydrogens (tertiary/aromatic N) is 3. The van der Waals surface area contributed by atoms with Gasteiger partial charge in [0.2, 0.25) is 0 Å². The number of methoxy groups -OCH3 is 2. The van der Waals surface area contributed by atoms with E-state index < -0.39 is 11.6 Å². The minimum atomic E-state index is -1.12. The van der Waals surface area contributed by atoms with Gasteiger partial charge in [0.15, 0.2) is 0 Å². The van der Waals surface area contributed by atoms with E-state index >= 15 is 0 Å². The highest BCUT2D eigenvalue weighted by Gasteiger charge is 2.60. The number of urea groups is 1. The zero-order valence-corrected chi connectivity index (χ0v) is 17.0. The molecular weight excluding hydrogens is 384 g/mol. The SMILES string of the molecule is COc1cc(OC)cc([C@H]2CN(C)C[C@]23NC(=O)N(c2cccc(C#N)c2)C3=O)c1. The van der Waals surface area contributed by atoms with Gasteiger partial charge in [0.1, 0.15) is 17.0 Å². The van der Waals surface area contributed by atoms with Crippen LogP contribution < -0.4 is 19.7 Å². The minimum Gasteiger partial charge on any atom is -0.497 e. The Kier molecular flexibility index (Phi) is 4.84. The summed E-state index contributed by atoms with van der Waals surface area (Å²) in [5.41, 5.74) is 0.486. The predicted octanol–water partition coefficient (Wildman–Crippen LogP) is 2.10. The summed E-state index contributed by atoms with van der Waals surface area (Å²) in [5, 5.41) is 12.1. The van der Waals surface area contributed by atoms with Crippen LogP contribution >= 0.6 is 0 Å². The van der Waals surface area contributed by atoms with Crippen molar-refractivity contribution in [3.8, 4) is 17.6 Å². The average molecular weight is 406 g/mol. The average Bonchev–Trinajstić information content (AvgIpc) is 3.22. The molecule has 2 aromatic carbocycles. The van der Waals surface area contributed by atoms with Crippen molar-refractivity contribution >= 4 is 17.6 Å². The van der Waals surface area contributed by atoms with E-state index in [9.17, 15) is 14.9 Å². The van der Waals surface area contributed by atoms with Crippen LogP contribution in [0.2, 0.25) is 0 Å². The fourth-order valence-corrected chi connectivity index (χ4v) is 4.37. The zero-order valence-electron chi connectivity index (χ0n) is 17.0. The first-order chi connectivity index (χ1) is 14.4. The molecule has 1 N–H and O–H groups in total. The molecule has 4 rings (SSSR count). The normalized spacial score (nSPS) is 23.5. The van der Waals surface area contributed by atoms with E-state index in [-0.39, 0.29) is 11.8 Å². The van der Waals surface area contributed by atoms with Crippen molar-refractivity contribution in [3.05, 3.63) is 53.6 Å². The first kappa shape index (κ1) is 19.7. The van der Waals surface area contributed by atoms with Crippen molar-refractivity contribution in [1.82, 2.24) is 10.2 Å². The van der Waals surface area contributed by atoms with Crippen LogP contribution in [0.1, 0.15) is 17.0 Å². The number of imide groups is 1. The summed E-state index contributed by atoms with van der Waals surface area (Å²) in [6.07, 6.45) is 0. The van der Waals surface area contributed by atoms with Gasteiger partial charge in [-0.1, -0.05) is 6.07 Å². The molecule has 0 aliphatic carbocycles. The molecule has 0 saturated carbocycles. The maximum atomic E-state index is 13.6. The molecule has 154 valence electrons. The van der Waals surface area contributed by atoms with E-state index in [1.54, 1.807) is 44.6 Å². The van der Waals surface area contributed by atoms with E-state index in [1.807, 2.05) is 30.1 Å². The summed E-state index contributed by atoms with van der Waals surface area (Å²) in [5.74, 6) is 0.597. The number of hydrogen-bond acceptors (Lipinski definition) is 6. The van der Waals surface area contributed by atoms with E-state index in [4.69, 9.17) is 9.47 Å². The van der Waals surface area contributed by atoms with E-state index in [0.29, 0.717) is 35.8 Å². The number of rotatable bonds is 4. The van der Waals surface area contributed by atoms with E-state index in [1.165, 1.54) is 0 Å². The zero-order chi connectivity index (χ0) is 21.5. The van der Waals surface area contributed by atoms with Crippen LogP contribution in [0, 0.1) is 11.3 Å². The van der Waals surface area contributed by atoms with Gasteiger partial charge in [-0.15, -0.1) is 0 Å². The lowest BCUT2D eigenvalue weighted by molar-refractivity contribution is -0.122. The Morgan fingerprint density at radius 1 is 1.13 bits per heavy atom. The Balaban J connectivity index is 1.78. The maximum absolute atomic E-state index is 13.6. The Labute approximate surface area is 174 Å². The number of amides is 3. The molecule has 2 heterocycles. The predicted molar refractivity (Wildman–Crippen MR) is 110 cm³/mol. The monoisotopic (exact) mass is 406 g/mol. The van der Waals surface area contributed by atoms with Crippen LogP contribution in [-0.4, -0.2) is 56.7 Å². The van der Waals surface area contributed by atoms with Crippen molar-refractivity contribution in [3.63, 3.8) is 0 Å². The molecule has 8 heteroatoms. The number of likely N-dealkylation sites (tertiary alicyclic amines) is 1. The van der Waals surface area contributed by atoms with Crippen LogP contribution in [-0.2, 0) is 4.79 Å². The van der Waals surface area contributed by atoms with Crippen molar-refractivity contribution in [1.29, 1.82) is 5.26 Å². The van der Waals surface area contributed by atoms with Gasteiger partial charge < -0.3 is 19.7 Å². The molecule has 1 spiro atoms. The summed E-state index contributed by atoms with van der Waals surface area (Å²) < 4.78 is 10.8. The van der Waals surface area contributed by atoms with Crippen LogP contribution in [0.4, 0.5) is 10.5 Å². The van der Waals surface area contributed by atoms with Gasteiger partial charge in [-0.2, -0.15) is 5.26 Å². The highest BCUT2D eigenvalue weighted by atomic mass is 16.5. The maximum Gasteiger partial charge on any atom is 0.329 e. The second-order valence-corrected chi connectivity index (χ2v) is 7.60. The molecule has 3 amide bonds.